The zero-order chi connectivity index (χ0) is 18.5. The summed E-state index contributed by atoms with van der Waals surface area (Å²) in [6, 6.07) is 0. The molecule has 4 nitrogen and oxygen atoms in total. The van der Waals surface area contributed by atoms with E-state index in [2.05, 4.69) is 6.92 Å². The Bertz CT molecular complexity index is 405. The van der Waals surface area contributed by atoms with Gasteiger partial charge < -0.3 is 9.26 Å². The average molecular weight is 375 g/mol. The van der Waals surface area contributed by atoms with Crippen molar-refractivity contribution < 1.29 is 18.6 Å². The molecule has 0 bridgehead atoms. The van der Waals surface area contributed by atoms with E-state index in [1.807, 2.05) is 13.8 Å². The van der Waals surface area contributed by atoms with Crippen molar-refractivity contribution in [3.8, 4) is 0 Å². The van der Waals surface area contributed by atoms with Gasteiger partial charge in [0.15, 0.2) is 0 Å². The second-order valence-electron chi connectivity index (χ2n) is 7.39. The van der Waals surface area contributed by atoms with Crippen molar-refractivity contribution in [3.63, 3.8) is 0 Å². The number of rotatable bonds is 13. The van der Waals surface area contributed by atoms with Crippen LogP contribution >= 0.6 is 7.37 Å². The van der Waals surface area contributed by atoms with Crippen LogP contribution < -0.4 is 0 Å². The van der Waals surface area contributed by atoms with Crippen LogP contribution in [0.15, 0.2) is 0 Å². The molecule has 0 aromatic heterocycles. The molecular formula is C20H39O4P. The van der Waals surface area contributed by atoms with Gasteiger partial charge in [0.05, 0.1) is 19.1 Å². The lowest BCUT2D eigenvalue weighted by Gasteiger charge is -2.28. The fourth-order valence-corrected chi connectivity index (χ4v) is 6.45. The van der Waals surface area contributed by atoms with Crippen molar-refractivity contribution in [2.75, 3.05) is 25.5 Å². The average Bonchev–Trinajstić information content (AvgIpc) is 2.60. The first-order chi connectivity index (χ1) is 12.0. The second-order valence-corrected chi connectivity index (χ2v) is 10.1. The van der Waals surface area contributed by atoms with E-state index in [-0.39, 0.29) is 11.9 Å². The monoisotopic (exact) mass is 374 g/mol. The van der Waals surface area contributed by atoms with E-state index < -0.39 is 7.37 Å². The van der Waals surface area contributed by atoms with Crippen LogP contribution in [0.5, 0.6) is 0 Å². The molecular weight excluding hydrogens is 335 g/mol. The summed E-state index contributed by atoms with van der Waals surface area (Å²) in [5.74, 6) is 0.117. The molecule has 1 fully saturated rings. The molecule has 25 heavy (non-hydrogen) atoms. The molecule has 0 radical (unpaired) electrons. The van der Waals surface area contributed by atoms with Crippen LogP contribution in [0.4, 0.5) is 0 Å². The van der Waals surface area contributed by atoms with Crippen LogP contribution in [-0.2, 0) is 18.6 Å². The van der Waals surface area contributed by atoms with Gasteiger partial charge in [-0.15, -0.1) is 0 Å². The van der Waals surface area contributed by atoms with Crippen molar-refractivity contribution in [2.24, 2.45) is 11.8 Å². The van der Waals surface area contributed by atoms with E-state index in [0.29, 0.717) is 31.5 Å². The quantitative estimate of drug-likeness (QED) is 0.224. The maximum atomic E-state index is 13.3. The third-order valence-corrected chi connectivity index (χ3v) is 7.90. The van der Waals surface area contributed by atoms with E-state index in [9.17, 15) is 9.36 Å². The summed E-state index contributed by atoms with van der Waals surface area (Å²) in [6.07, 6.45) is 12.3. The fourth-order valence-electron chi connectivity index (χ4n) is 3.89. The maximum Gasteiger partial charge on any atom is 0.309 e. The summed E-state index contributed by atoms with van der Waals surface area (Å²) in [5, 5.41) is 0. The minimum atomic E-state index is -2.76. The summed E-state index contributed by atoms with van der Waals surface area (Å²) in [5.41, 5.74) is 0. The Labute approximate surface area is 154 Å². The number of carbonyl (C=O) groups excluding carboxylic acids is 1. The molecule has 1 aliphatic rings. The highest BCUT2D eigenvalue weighted by Gasteiger charge is 2.33. The van der Waals surface area contributed by atoms with Crippen LogP contribution in [0.1, 0.15) is 85.0 Å². The first-order valence-corrected chi connectivity index (χ1v) is 12.4. The van der Waals surface area contributed by atoms with Gasteiger partial charge in [-0.3, -0.25) is 9.36 Å². The molecule has 148 valence electrons. The molecule has 0 saturated heterocycles. The number of hydrogen-bond donors (Lipinski definition) is 0. The predicted octanol–water partition coefficient (Wildman–Crippen LogP) is 6.03. The second kappa shape index (κ2) is 12.9. The lowest BCUT2D eigenvalue weighted by molar-refractivity contribution is -0.148. The van der Waals surface area contributed by atoms with Crippen molar-refractivity contribution >= 4 is 13.3 Å². The molecule has 1 rings (SSSR count). The predicted molar refractivity (Wildman–Crippen MR) is 104 cm³/mol. The Morgan fingerprint density at radius 3 is 2.36 bits per heavy atom. The van der Waals surface area contributed by atoms with E-state index >= 15 is 0 Å². The van der Waals surface area contributed by atoms with Crippen LogP contribution in [0.3, 0.4) is 0 Å². The molecule has 0 amide bonds. The third-order valence-electron chi connectivity index (χ3n) is 5.18. The minimum absolute atomic E-state index is 0.179. The van der Waals surface area contributed by atoms with Gasteiger partial charge in [-0.1, -0.05) is 58.3 Å². The van der Waals surface area contributed by atoms with Gasteiger partial charge >= 0.3 is 5.97 Å². The normalized spacial score (nSPS) is 19.3. The lowest BCUT2D eigenvalue weighted by atomic mass is 9.83. The van der Waals surface area contributed by atoms with Crippen LogP contribution in [0.2, 0.25) is 0 Å². The van der Waals surface area contributed by atoms with E-state index in [0.717, 1.165) is 32.1 Å². The highest BCUT2D eigenvalue weighted by molar-refractivity contribution is 7.59. The minimum Gasteiger partial charge on any atom is -0.466 e. The number of ether oxygens (including phenoxy) is 1. The number of hydrogen-bond acceptors (Lipinski definition) is 4. The molecule has 5 heteroatoms. The standard InChI is InChI=1S/C20H39O4P/c1-4-7-8-12-15-25(22,24-6-3)17-19(20(21)23-5-2)16-18-13-10-9-11-14-18/h18-19H,4-17H2,1-3H3. The Hall–Kier alpha value is -0.340. The van der Waals surface area contributed by atoms with Crippen LogP contribution in [-0.4, -0.2) is 31.5 Å². The van der Waals surface area contributed by atoms with Gasteiger partial charge in [0.25, 0.3) is 0 Å². The van der Waals surface area contributed by atoms with E-state index in [4.69, 9.17) is 9.26 Å². The van der Waals surface area contributed by atoms with Crippen molar-refractivity contribution in [1.82, 2.24) is 0 Å². The molecule has 0 N–H and O–H groups in total. The van der Waals surface area contributed by atoms with Gasteiger partial charge in [-0.05, 0) is 32.6 Å². The van der Waals surface area contributed by atoms with E-state index in [1.165, 1.54) is 32.1 Å². The van der Waals surface area contributed by atoms with Crippen molar-refractivity contribution in [1.29, 1.82) is 0 Å². The van der Waals surface area contributed by atoms with Crippen molar-refractivity contribution in [2.45, 2.75) is 85.0 Å². The summed E-state index contributed by atoms with van der Waals surface area (Å²) in [4.78, 5) is 12.5. The number of esters is 1. The molecule has 2 unspecified atom stereocenters. The van der Waals surface area contributed by atoms with Gasteiger partial charge in [-0.2, -0.15) is 0 Å². The molecule has 2 atom stereocenters. The molecule has 0 spiro atoms. The first-order valence-electron chi connectivity index (χ1n) is 10.4. The first kappa shape index (κ1) is 22.7. The summed E-state index contributed by atoms with van der Waals surface area (Å²) >= 11 is 0. The number of carbonyl (C=O) groups is 1. The summed E-state index contributed by atoms with van der Waals surface area (Å²) in [6.45, 7) is 6.73. The topological polar surface area (TPSA) is 52.6 Å². The Kier molecular flexibility index (Phi) is 11.7. The Morgan fingerprint density at radius 1 is 1.04 bits per heavy atom. The molecule has 1 saturated carbocycles. The highest BCUT2D eigenvalue weighted by Crippen LogP contribution is 2.50. The maximum absolute atomic E-state index is 13.3. The third kappa shape index (κ3) is 9.24. The van der Waals surface area contributed by atoms with Crippen LogP contribution in [0, 0.1) is 11.8 Å². The number of unbranched alkanes of at least 4 members (excludes halogenated alkanes) is 3. The molecule has 0 heterocycles. The molecule has 0 aromatic rings. The fraction of sp³-hybridized carbons (Fsp3) is 0.950. The van der Waals surface area contributed by atoms with Crippen LogP contribution in [0.25, 0.3) is 0 Å². The Morgan fingerprint density at radius 2 is 1.76 bits per heavy atom. The smallest absolute Gasteiger partial charge is 0.309 e. The van der Waals surface area contributed by atoms with E-state index in [1.54, 1.807) is 0 Å². The SMILES string of the molecule is CCCCCCP(=O)(CC(CC1CCCCC1)C(=O)OCC)OCC. The summed E-state index contributed by atoms with van der Waals surface area (Å²) < 4.78 is 24.3. The van der Waals surface area contributed by atoms with Gasteiger partial charge in [0.2, 0.25) is 7.37 Å². The van der Waals surface area contributed by atoms with Gasteiger partial charge in [0.1, 0.15) is 0 Å². The van der Waals surface area contributed by atoms with Gasteiger partial charge in [0, 0.05) is 12.3 Å². The molecule has 0 aromatic carbocycles. The van der Waals surface area contributed by atoms with Gasteiger partial charge in [-0.25, -0.2) is 0 Å². The lowest BCUT2D eigenvalue weighted by Crippen LogP contribution is -2.26. The Balaban J connectivity index is 2.71. The molecule has 0 aliphatic heterocycles. The van der Waals surface area contributed by atoms with Crippen molar-refractivity contribution in [3.05, 3.63) is 0 Å². The summed E-state index contributed by atoms with van der Waals surface area (Å²) in [7, 11) is -2.76. The largest absolute Gasteiger partial charge is 0.466 e. The zero-order valence-corrected chi connectivity index (χ0v) is 17.5. The highest BCUT2D eigenvalue weighted by atomic mass is 31.2. The molecule has 1 aliphatic carbocycles. The zero-order valence-electron chi connectivity index (χ0n) is 16.6.